The van der Waals surface area contributed by atoms with E-state index in [1.165, 1.54) is 18.0 Å². The predicted octanol–water partition coefficient (Wildman–Crippen LogP) is 2.71. The zero-order valence-electron chi connectivity index (χ0n) is 13.4. The molecule has 1 aliphatic rings. The molecular formula is C17H19ClN4O2. The number of piperazine rings is 1. The van der Waals surface area contributed by atoms with Crippen LogP contribution < -0.4 is 4.90 Å². The molecule has 0 spiro atoms. The minimum absolute atomic E-state index is 0.0336. The summed E-state index contributed by atoms with van der Waals surface area (Å²) >= 11 is 5.95. The molecule has 2 heterocycles. The van der Waals surface area contributed by atoms with Gasteiger partial charge in [-0.3, -0.25) is 4.90 Å². The highest BCUT2D eigenvalue weighted by molar-refractivity contribution is 6.30. The summed E-state index contributed by atoms with van der Waals surface area (Å²) < 4.78 is 0. The Morgan fingerprint density at radius 3 is 2.33 bits per heavy atom. The molecule has 3 rings (SSSR count). The lowest BCUT2D eigenvalue weighted by molar-refractivity contribution is 0.0690. The number of carboxylic acid groups (broad SMARTS) is 1. The summed E-state index contributed by atoms with van der Waals surface area (Å²) in [5.74, 6) is -0.338. The predicted molar refractivity (Wildman–Crippen MR) is 92.6 cm³/mol. The van der Waals surface area contributed by atoms with Crippen molar-refractivity contribution in [3.63, 3.8) is 0 Å². The first-order valence-corrected chi connectivity index (χ1v) is 8.22. The molecule has 0 bridgehead atoms. The summed E-state index contributed by atoms with van der Waals surface area (Å²) in [6, 6.07) is 8.29. The van der Waals surface area contributed by atoms with Gasteiger partial charge >= 0.3 is 5.97 Å². The number of nitrogens with zero attached hydrogens (tertiary/aromatic N) is 4. The monoisotopic (exact) mass is 346 g/mol. The number of rotatable bonds is 4. The maximum Gasteiger partial charge on any atom is 0.356 e. The van der Waals surface area contributed by atoms with Crippen LogP contribution in [0.2, 0.25) is 5.02 Å². The Hall–Kier alpha value is -2.18. The molecule has 0 amide bonds. The quantitative estimate of drug-likeness (QED) is 0.918. The van der Waals surface area contributed by atoms with Gasteiger partial charge in [0.2, 0.25) is 0 Å². The molecule has 24 heavy (non-hydrogen) atoms. The highest BCUT2D eigenvalue weighted by Crippen LogP contribution is 2.24. The van der Waals surface area contributed by atoms with Gasteiger partial charge in [0, 0.05) is 37.2 Å². The third-order valence-electron chi connectivity index (χ3n) is 4.40. The van der Waals surface area contributed by atoms with Crippen molar-refractivity contribution < 1.29 is 9.90 Å². The van der Waals surface area contributed by atoms with Crippen molar-refractivity contribution in [2.45, 2.75) is 13.0 Å². The summed E-state index contributed by atoms with van der Waals surface area (Å²) in [5, 5.41) is 9.63. The molecule has 126 valence electrons. The van der Waals surface area contributed by atoms with E-state index in [4.69, 9.17) is 16.7 Å². The average Bonchev–Trinajstić information content (AvgIpc) is 2.62. The maximum atomic E-state index is 10.8. The summed E-state index contributed by atoms with van der Waals surface area (Å²) in [6.07, 6.45) is 2.84. The van der Waals surface area contributed by atoms with Crippen molar-refractivity contribution in [3.8, 4) is 0 Å². The summed E-state index contributed by atoms with van der Waals surface area (Å²) in [7, 11) is 0. The van der Waals surface area contributed by atoms with Crippen molar-refractivity contribution >= 4 is 23.4 Å². The van der Waals surface area contributed by atoms with Gasteiger partial charge in [0.1, 0.15) is 5.82 Å². The van der Waals surface area contributed by atoms with Crippen LogP contribution in [0.1, 0.15) is 29.0 Å². The van der Waals surface area contributed by atoms with Crippen LogP contribution in [-0.4, -0.2) is 52.1 Å². The Balaban J connectivity index is 1.60. The smallest absolute Gasteiger partial charge is 0.356 e. The Labute approximate surface area is 145 Å². The molecule has 2 aromatic rings. The van der Waals surface area contributed by atoms with Crippen LogP contribution in [0.25, 0.3) is 0 Å². The Kier molecular flexibility index (Phi) is 4.97. The summed E-state index contributed by atoms with van der Waals surface area (Å²) in [6.45, 7) is 5.68. The third kappa shape index (κ3) is 3.66. The van der Waals surface area contributed by atoms with Crippen LogP contribution in [-0.2, 0) is 0 Å². The fraction of sp³-hybridized carbons (Fsp3) is 0.353. The van der Waals surface area contributed by atoms with Gasteiger partial charge in [-0.15, -0.1) is 0 Å². The van der Waals surface area contributed by atoms with Crippen molar-refractivity contribution in [2.24, 2.45) is 0 Å². The minimum atomic E-state index is -1.06. The van der Waals surface area contributed by atoms with E-state index in [9.17, 15) is 4.79 Å². The van der Waals surface area contributed by atoms with Gasteiger partial charge in [-0.25, -0.2) is 14.8 Å². The highest BCUT2D eigenvalue weighted by atomic mass is 35.5. The van der Waals surface area contributed by atoms with E-state index >= 15 is 0 Å². The molecule has 1 unspecified atom stereocenters. The molecule has 1 N–H and O–H groups in total. The fourth-order valence-corrected chi connectivity index (χ4v) is 3.01. The number of carbonyl (C=O) groups is 1. The molecule has 0 saturated carbocycles. The molecule has 1 saturated heterocycles. The molecule has 7 heteroatoms. The van der Waals surface area contributed by atoms with Crippen molar-refractivity contribution in [2.75, 3.05) is 31.1 Å². The normalized spacial score (nSPS) is 16.8. The second kappa shape index (κ2) is 7.15. The van der Waals surface area contributed by atoms with Gasteiger partial charge in [-0.05, 0) is 24.6 Å². The molecule has 1 aromatic carbocycles. The SMILES string of the molecule is CC(c1ccc(Cl)cc1)N1CCN(c2cnc(C(=O)O)cn2)CC1. The topological polar surface area (TPSA) is 69.6 Å². The molecular weight excluding hydrogens is 328 g/mol. The lowest BCUT2D eigenvalue weighted by Gasteiger charge is -2.38. The zero-order chi connectivity index (χ0) is 17.1. The number of benzene rings is 1. The summed E-state index contributed by atoms with van der Waals surface area (Å²) in [4.78, 5) is 23.5. The van der Waals surface area contributed by atoms with Gasteiger partial charge in [-0.2, -0.15) is 0 Å². The molecule has 1 fully saturated rings. The van der Waals surface area contributed by atoms with Crippen LogP contribution in [0.4, 0.5) is 5.82 Å². The number of hydrogen-bond donors (Lipinski definition) is 1. The van der Waals surface area contributed by atoms with Gasteiger partial charge in [0.05, 0.1) is 12.4 Å². The van der Waals surface area contributed by atoms with Crippen molar-refractivity contribution in [3.05, 3.63) is 52.9 Å². The zero-order valence-corrected chi connectivity index (χ0v) is 14.1. The van der Waals surface area contributed by atoms with Gasteiger partial charge in [0.25, 0.3) is 0 Å². The molecule has 1 aliphatic heterocycles. The number of hydrogen-bond acceptors (Lipinski definition) is 5. The van der Waals surface area contributed by atoms with E-state index in [0.29, 0.717) is 6.04 Å². The Bertz CT molecular complexity index is 698. The van der Waals surface area contributed by atoms with E-state index in [1.54, 1.807) is 0 Å². The van der Waals surface area contributed by atoms with Crippen LogP contribution in [0, 0.1) is 0 Å². The largest absolute Gasteiger partial charge is 0.476 e. The lowest BCUT2D eigenvalue weighted by Crippen LogP contribution is -2.47. The first-order valence-electron chi connectivity index (χ1n) is 7.84. The van der Waals surface area contributed by atoms with E-state index in [2.05, 4.69) is 38.8 Å². The van der Waals surface area contributed by atoms with E-state index in [1.807, 2.05) is 12.1 Å². The second-order valence-corrected chi connectivity index (χ2v) is 6.25. The van der Waals surface area contributed by atoms with E-state index < -0.39 is 5.97 Å². The van der Waals surface area contributed by atoms with Gasteiger partial charge < -0.3 is 10.0 Å². The third-order valence-corrected chi connectivity index (χ3v) is 4.65. The van der Waals surface area contributed by atoms with Gasteiger partial charge in [0.15, 0.2) is 5.69 Å². The number of carboxylic acids is 1. The number of anilines is 1. The van der Waals surface area contributed by atoms with Gasteiger partial charge in [-0.1, -0.05) is 23.7 Å². The van der Waals surface area contributed by atoms with Crippen LogP contribution in [0.3, 0.4) is 0 Å². The van der Waals surface area contributed by atoms with Crippen LogP contribution in [0.5, 0.6) is 0 Å². The molecule has 6 nitrogen and oxygen atoms in total. The second-order valence-electron chi connectivity index (χ2n) is 5.82. The average molecular weight is 347 g/mol. The molecule has 1 aromatic heterocycles. The fourth-order valence-electron chi connectivity index (χ4n) is 2.89. The number of aromatic nitrogens is 2. The van der Waals surface area contributed by atoms with Crippen molar-refractivity contribution in [1.82, 2.24) is 14.9 Å². The minimum Gasteiger partial charge on any atom is -0.476 e. The van der Waals surface area contributed by atoms with E-state index in [0.717, 1.165) is 37.0 Å². The standard InChI is InChI=1S/C17H19ClN4O2/c1-12(13-2-4-14(18)5-3-13)21-6-8-22(9-7-21)16-11-19-15(10-20-16)17(23)24/h2-5,10-12H,6-9H2,1H3,(H,23,24). The lowest BCUT2D eigenvalue weighted by atomic mass is 10.1. The first-order chi connectivity index (χ1) is 11.5. The number of halogens is 1. The summed E-state index contributed by atoms with van der Waals surface area (Å²) in [5.41, 5.74) is 1.21. The Morgan fingerprint density at radius 2 is 1.79 bits per heavy atom. The molecule has 0 aliphatic carbocycles. The van der Waals surface area contributed by atoms with Crippen LogP contribution >= 0.6 is 11.6 Å². The Morgan fingerprint density at radius 1 is 1.12 bits per heavy atom. The molecule has 0 radical (unpaired) electrons. The van der Waals surface area contributed by atoms with Crippen LogP contribution in [0.15, 0.2) is 36.7 Å². The molecule has 1 atom stereocenters. The van der Waals surface area contributed by atoms with Crippen molar-refractivity contribution in [1.29, 1.82) is 0 Å². The maximum absolute atomic E-state index is 10.8. The van der Waals surface area contributed by atoms with E-state index in [-0.39, 0.29) is 5.69 Å². The first kappa shape index (κ1) is 16.7. The number of aromatic carboxylic acids is 1. The highest BCUT2D eigenvalue weighted by Gasteiger charge is 2.23.